The van der Waals surface area contributed by atoms with Gasteiger partial charge in [-0.25, -0.2) is 14.1 Å². The van der Waals surface area contributed by atoms with E-state index in [0.29, 0.717) is 28.0 Å². The first-order valence-electron chi connectivity index (χ1n) is 13.5. The maximum atomic E-state index is 15.1. The van der Waals surface area contributed by atoms with Crippen LogP contribution in [0.2, 0.25) is 0 Å². The van der Waals surface area contributed by atoms with Crippen molar-refractivity contribution in [1.29, 1.82) is 5.26 Å². The Hall–Kier alpha value is -5.37. The van der Waals surface area contributed by atoms with Gasteiger partial charge in [-0.2, -0.15) is 18.4 Å². The van der Waals surface area contributed by atoms with Crippen molar-refractivity contribution in [2.75, 3.05) is 10.2 Å². The molecule has 1 aliphatic heterocycles. The maximum absolute atomic E-state index is 15.1. The number of amides is 3. The fourth-order valence-corrected chi connectivity index (χ4v) is 4.86. The summed E-state index contributed by atoms with van der Waals surface area (Å²) in [5.41, 5.74) is -1.54. The Labute approximate surface area is 250 Å². The average molecular weight is 603 g/mol. The lowest BCUT2D eigenvalue weighted by Gasteiger charge is -2.28. The first kappa shape index (κ1) is 30.1. The summed E-state index contributed by atoms with van der Waals surface area (Å²) >= 11 is 0. The van der Waals surface area contributed by atoms with Crippen LogP contribution in [0.5, 0.6) is 5.75 Å². The van der Waals surface area contributed by atoms with Crippen molar-refractivity contribution in [3.8, 4) is 11.8 Å². The third-order valence-electron chi connectivity index (χ3n) is 7.31. The minimum atomic E-state index is -4.87. The molecule has 1 fully saturated rings. The Morgan fingerprint density at radius 2 is 1.61 bits per heavy atom. The van der Waals surface area contributed by atoms with Crippen molar-refractivity contribution in [1.82, 2.24) is 4.90 Å². The van der Waals surface area contributed by atoms with Crippen LogP contribution in [0, 0.1) is 17.1 Å². The summed E-state index contributed by atoms with van der Waals surface area (Å²) in [6.07, 6.45) is -4.87. The number of hydrogen-bond acceptors (Lipinski definition) is 5. The molecule has 224 valence electrons. The van der Waals surface area contributed by atoms with Gasteiger partial charge in [0.25, 0.3) is 5.91 Å². The standard InChI is InChI=1S/C33H26F4N4O3/c1-32(2)30(42)41(24-13-12-22(18-38)26(16-24)33(35,36)37)31(43)40(32)19-23-10-6-7-11-28(23)39-29-15-14-25(17-27(29)34)44-20-21-8-4-3-5-9-21/h3-17,39H,19-20H2,1-2H3. The van der Waals surface area contributed by atoms with E-state index < -0.39 is 40.6 Å². The topological polar surface area (TPSA) is 85.7 Å². The highest BCUT2D eigenvalue weighted by atomic mass is 19.4. The lowest BCUT2D eigenvalue weighted by Crippen LogP contribution is -2.43. The zero-order valence-corrected chi connectivity index (χ0v) is 23.7. The van der Waals surface area contributed by atoms with Crippen LogP contribution in [0.15, 0.2) is 91.0 Å². The molecule has 3 amide bonds. The van der Waals surface area contributed by atoms with Crippen molar-refractivity contribution in [2.45, 2.75) is 38.7 Å². The Kier molecular flexibility index (Phi) is 8.02. The van der Waals surface area contributed by atoms with Gasteiger partial charge in [0, 0.05) is 11.8 Å². The van der Waals surface area contributed by atoms with E-state index in [1.54, 1.807) is 30.3 Å². The molecule has 4 aromatic rings. The van der Waals surface area contributed by atoms with Crippen molar-refractivity contribution >= 4 is 29.0 Å². The Morgan fingerprint density at radius 1 is 0.909 bits per heavy atom. The number of imide groups is 1. The second-order valence-electron chi connectivity index (χ2n) is 10.6. The minimum Gasteiger partial charge on any atom is -0.489 e. The predicted octanol–water partition coefficient (Wildman–Crippen LogP) is 7.79. The van der Waals surface area contributed by atoms with Gasteiger partial charge in [0.2, 0.25) is 0 Å². The number of rotatable bonds is 8. The largest absolute Gasteiger partial charge is 0.489 e. The van der Waals surface area contributed by atoms with Gasteiger partial charge in [0.05, 0.1) is 35.1 Å². The van der Waals surface area contributed by atoms with Crippen LogP contribution in [0.3, 0.4) is 0 Å². The van der Waals surface area contributed by atoms with Gasteiger partial charge in [0.1, 0.15) is 23.7 Å². The molecule has 5 rings (SSSR count). The number of nitriles is 1. The van der Waals surface area contributed by atoms with E-state index in [4.69, 9.17) is 10.00 Å². The van der Waals surface area contributed by atoms with E-state index in [2.05, 4.69) is 5.32 Å². The average Bonchev–Trinajstić information content (AvgIpc) is 3.16. The fourth-order valence-electron chi connectivity index (χ4n) is 4.86. The zero-order chi connectivity index (χ0) is 31.6. The number of carbonyl (C=O) groups excluding carboxylic acids is 2. The highest BCUT2D eigenvalue weighted by Gasteiger charge is 2.52. The van der Waals surface area contributed by atoms with E-state index in [1.807, 2.05) is 30.3 Å². The van der Waals surface area contributed by atoms with Gasteiger partial charge in [-0.3, -0.25) is 4.79 Å². The fraction of sp³-hybridized carbons (Fsp3) is 0.182. The van der Waals surface area contributed by atoms with Gasteiger partial charge in [-0.15, -0.1) is 0 Å². The number of ether oxygens (including phenoxy) is 1. The molecular weight excluding hydrogens is 576 g/mol. The molecule has 1 aliphatic rings. The number of benzene rings is 4. The molecule has 0 saturated carbocycles. The van der Waals surface area contributed by atoms with Crippen LogP contribution < -0.4 is 15.0 Å². The molecule has 0 unspecified atom stereocenters. The SMILES string of the molecule is CC1(C)C(=O)N(c2ccc(C#N)c(C(F)(F)F)c2)C(=O)N1Cc1ccccc1Nc1ccc(OCc2ccccc2)cc1F. The molecule has 0 aliphatic carbocycles. The normalized spacial score (nSPS) is 14.5. The molecule has 0 atom stereocenters. The quantitative estimate of drug-likeness (QED) is 0.164. The number of nitrogens with one attached hydrogen (secondary N) is 1. The van der Waals surface area contributed by atoms with Gasteiger partial charge >= 0.3 is 12.2 Å². The molecule has 7 nitrogen and oxygen atoms in total. The third kappa shape index (κ3) is 5.92. The number of anilines is 3. The summed E-state index contributed by atoms with van der Waals surface area (Å²) in [6.45, 7) is 3.14. The Morgan fingerprint density at radius 3 is 2.30 bits per heavy atom. The number of nitrogens with zero attached hydrogens (tertiary/aromatic N) is 3. The molecule has 11 heteroatoms. The monoisotopic (exact) mass is 602 g/mol. The molecule has 1 N–H and O–H groups in total. The first-order valence-corrected chi connectivity index (χ1v) is 13.5. The Balaban J connectivity index is 1.37. The molecular formula is C33H26F4N4O3. The van der Waals surface area contributed by atoms with Crippen molar-refractivity contribution in [2.24, 2.45) is 0 Å². The van der Waals surface area contributed by atoms with Crippen LogP contribution in [-0.4, -0.2) is 22.4 Å². The number of halogens is 4. The lowest BCUT2D eigenvalue weighted by molar-refractivity contribution is -0.137. The number of para-hydroxylation sites is 1. The third-order valence-corrected chi connectivity index (χ3v) is 7.31. The van der Waals surface area contributed by atoms with E-state index in [9.17, 15) is 22.8 Å². The highest BCUT2D eigenvalue weighted by Crippen LogP contribution is 2.39. The van der Waals surface area contributed by atoms with E-state index >= 15 is 4.39 Å². The first-order chi connectivity index (χ1) is 20.9. The maximum Gasteiger partial charge on any atom is 0.417 e. The molecule has 0 radical (unpaired) electrons. The van der Waals surface area contributed by atoms with Crippen LogP contribution in [0.25, 0.3) is 0 Å². The highest BCUT2D eigenvalue weighted by molar-refractivity contribution is 6.23. The summed E-state index contributed by atoms with van der Waals surface area (Å²) in [5.74, 6) is -0.974. The predicted molar refractivity (Wildman–Crippen MR) is 156 cm³/mol. The van der Waals surface area contributed by atoms with Crippen LogP contribution in [0.1, 0.15) is 36.1 Å². The van der Waals surface area contributed by atoms with E-state index in [0.717, 1.165) is 17.7 Å². The summed E-state index contributed by atoms with van der Waals surface area (Å²) in [5, 5.41) is 12.1. The zero-order valence-electron chi connectivity index (χ0n) is 23.7. The van der Waals surface area contributed by atoms with Gasteiger partial charge in [-0.1, -0.05) is 48.5 Å². The Bertz CT molecular complexity index is 1770. The van der Waals surface area contributed by atoms with E-state index in [1.165, 1.54) is 36.9 Å². The molecule has 1 saturated heterocycles. The van der Waals surface area contributed by atoms with Crippen molar-refractivity contribution in [3.63, 3.8) is 0 Å². The summed E-state index contributed by atoms with van der Waals surface area (Å²) in [7, 11) is 0. The van der Waals surface area contributed by atoms with Gasteiger partial charge in [-0.05, 0) is 61.4 Å². The second kappa shape index (κ2) is 11.7. The minimum absolute atomic E-state index is 0.112. The smallest absolute Gasteiger partial charge is 0.417 e. The summed E-state index contributed by atoms with van der Waals surface area (Å²) in [4.78, 5) is 28.9. The van der Waals surface area contributed by atoms with Crippen LogP contribution >= 0.6 is 0 Å². The number of hydrogen-bond donors (Lipinski definition) is 1. The lowest BCUT2D eigenvalue weighted by atomic mass is 10.0. The summed E-state index contributed by atoms with van der Waals surface area (Å²) < 4.78 is 61.6. The van der Waals surface area contributed by atoms with Crippen molar-refractivity contribution in [3.05, 3.63) is 119 Å². The molecule has 1 heterocycles. The van der Waals surface area contributed by atoms with Gasteiger partial charge in [0.15, 0.2) is 0 Å². The van der Waals surface area contributed by atoms with Crippen LogP contribution in [-0.2, 0) is 24.1 Å². The number of alkyl halides is 3. The summed E-state index contributed by atoms with van der Waals surface area (Å²) in [6, 6.07) is 24.0. The molecule has 44 heavy (non-hydrogen) atoms. The van der Waals surface area contributed by atoms with Crippen molar-refractivity contribution < 1.29 is 31.9 Å². The molecule has 0 aromatic heterocycles. The molecule has 0 bridgehead atoms. The van der Waals surface area contributed by atoms with E-state index in [-0.39, 0.29) is 24.5 Å². The van der Waals surface area contributed by atoms with Gasteiger partial charge < -0.3 is 15.0 Å². The molecule has 0 spiro atoms. The molecule has 4 aromatic carbocycles. The number of urea groups is 1. The second-order valence-corrected chi connectivity index (χ2v) is 10.6. The van der Waals surface area contributed by atoms with Crippen LogP contribution in [0.4, 0.5) is 39.4 Å². The number of carbonyl (C=O) groups is 2.